The first-order chi connectivity index (χ1) is 10.8. The number of hydrogen-bond donors (Lipinski definition) is 0. The van der Waals surface area contributed by atoms with Crippen molar-refractivity contribution in [2.45, 2.75) is 79.6 Å². The van der Waals surface area contributed by atoms with Gasteiger partial charge in [0.1, 0.15) is 0 Å². The molecule has 0 bridgehead atoms. The van der Waals surface area contributed by atoms with Gasteiger partial charge in [-0.15, -0.1) is 0 Å². The molecule has 3 heteroatoms. The number of hydrogen-bond acceptors (Lipinski definition) is 1. The zero-order valence-electron chi connectivity index (χ0n) is 16.1. The second-order valence-corrected chi connectivity index (χ2v) is 15.4. The van der Waals surface area contributed by atoms with Crippen molar-refractivity contribution in [1.29, 1.82) is 0 Å². The second-order valence-electron chi connectivity index (χ2n) is 7.21. The van der Waals surface area contributed by atoms with Crippen LogP contribution in [0.1, 0.15) is 79.6 Å². The number of carbonyl (C=O) groups is 1. The van der Waals surface area contributed by atoms with Crippen LogP contribution >= 0.6 is 17.2 Å². The number of ketones is 1. The molecule has 0 aliphatic rings. The number of rotatable bonds is 13. The maximum absolute atomic E-state index is 12.8. The van der Waals surface area contributed by atoms with Gasteiger partial charge in [0.2, 0.25) is 0 Å². The molecule has 23 heavy (non-hydrogen) atoms. The molecule has 0 saturated carbocycles. The molecule has 0 radical (unpaired) electrons. The van der Waals surface area contributed by atoms with Gasteiger partial charge in [0.15, 0.2) is 0 Å². The molecule has 0 aromatic rings. The summed E-state index contributed by atoms with van der Waals surface area (Å²) >= 11 is 7.48. The zero-order chi connectivity index (χ0) is 17.8. The van der Waals surface area contributed by atoms with E-state index < -0.39 is 5.96 Å². The Balaban J connectivity index is 5.31. The summed E-state index contributed by atoms with van der Waals surface area (Å²) in [7, 11) is 0. The summed E-state index contributed by atoms with van der Waals surface area (Å²) in [6.07, 6.45) is 11.5. The Kier molecular flexibility index (Phi) is 11.5. The molecule has 0 rings (SSSR count). The monoisotopic (exact) mass is 360 g/mol. The minimum atomic E-state index is -2.44. The third-order valence-electron chi connectivity index (χ3n) is 4.90. The molecular weight excluding hydrogens is 323 g/mol. The molecule has 0 aliphatic heterocycles. The van der Waals surface area contributed by atoms with Crippen LogP contribution in [0.25, 0.3) is 0 Å². The van der Waals surface area contributed by atoms with Crippen LogP contribution < -0.4 is 0 Å². The predicted molar refractivity (Wildman–Crippen MR) is 109 cm³/mol. The van der Waals surface area contributed by atoms with E-state index in [1.807, 2.05) is 13.8 Å². The molecule has 1 nitrogen and oxygen atoms in total. The first-order valence-electron chi connectivity index (χ1n) is 9.49. The normalized spacial score (nSPS) is 14.4. The molecule has 0 heterocycles. The van der Waals surface area contributed by atoms with E-state index in [0.29, 0.717) is 18.4 Å². The number of halogens is 1. The van der Waals surface area contributed by atoms with Crippen molar-refractivity contribution >= 4 is 23.0 Å². The van der Waals surface area contributed by atoms with E-state index in [-0.39, 0.29) is 5.92 Å². The van der Waals surface area contributed by atoms with E-state index in [2.05, 4.69) is 32.6 Å². The van der Waals surface area contributed by atoms with Crippen molar-refractivity contribution in [1.82, 2.24) is 0 Å². The van der Waals surface area contributed by atoms with Crippen molar-refractivity contribution in [3.05, 3.63) is 0 Å². The van der Waals surface area contributed by atoms with Gasteiger partial charge in [0.05, 0.1) is 0 Å². The summed E-state index contributed by atoms with van der Waals surface area (Å²) < 4.78 is 0. The SMILES string of the molecule is CC#CCC(C)C(=O)CP(Cl)(CCCC)(CCCC)CCCC. The molecule has 0 aliphatic carbocycles. The second kappa shape index (κ2) is 11.5. The molecule has 0 amide bonds. The Morgan fingerprint density at radius 3 is 1.78 bits per heavy atom. The van der Waals surface area contributed by atoms with Gasteiger partial charge in [-0.1, -0.05) is 0 Å². The van der Waals surface area contributed by atoms with Crippen LogP contribution in [0.3, 0.4) is 0 Å². The summed E-state index contributed by atoms with van der Waals surface area (Å²) in [4.78, 5) is 12.8. The summed E-state index contributed by atoms with van der Waals surface area (Å²) in [5, 5.41) is 0. The average molecular weight is 361 g/mol. The van der Waals surface area contributed by atoms with Gasteiger partial charge in [-0.3, -0.25) is 0 Å². The fraction of sp³-hybridized carbons (Fsp3) is 0.850. The third kappa shape index (κ3) is 8.56. The molecule has 1 atom stereocenters. The Labute approximate surface area is 150 Å². The van der Waals surface area contributed by atoms with Crippen molar-refractivity contribution in [2.24, 2.45) is 5.92 Å². The van der Waals surface area contributed by atoms with Crippen LogP contribution in [0.5, 0.6) is 0 Å². The van der Waals surface area contributed by atoms with Crippen LogP contribution in [-0.4, -0.2) is 30.4 Å². The molecule has 0 fully saturated rings. The summed E-state index contributed by atoms with van der Waals surface area (Å²) in [6, 6.07) is 0. The van der Waals surface area contributed by atoms with Crippen molar-refractivity contribution in [3.8, 4) is 11.8 Å². The molecular formula is C20H38ClOP. The van der Waals surface area contributed by atoms with E-state index in [1.165, 1.54) is 0 Å². The molecule has 0 N–H and O–H groups in total. The number of unbranched alkanes of at least 4 members (excludes halogenated alkanes) is 3. The van der Waals surface area contributed by atoms with Crippen LogP contribution in [-0.2, 0) is 4.79 Å². The molecule has 0 aromatic carbocycles. The fourth-order valence-corrected chi connectivity index (χ4v) is 10.1. The first kappa shape index (κ1) is 22.9. The summed E-state index contributed by atoms with van der Waals surface area (Å²) in [5.41, 5.74) is 0. The van der Waals surface area contributed by atoms with Gasteiger partial charge >= 0.3 is 150 Å². The van der Waals surface area contributed by atoms with Gasteiger partial charge in [-0.2, -0.15) is 0 Å². The van der Waals surface area contributed by atoms with E-state index >= 15 is 0 Å². The Morgan fingerprint density at radius 1 is 1.00 bits per heavy atom. The molecule has 0 saturated heterocycles. The van der Waals surface area contributed by atoms with Gasteiger partial charge in [-0.05, 0) is 0 Å². The van der Waals surface area contributed by atoms with Crippen LogP contribution in [0.4, 0.5) is 0 Å². The molecule has 136 valence electrons. The number of Topliss-reactive ketones (excluding diaryl/α,β-unsaturated/α-hetero) is 1. The molecule has 0 aromatic heterocycles. The Morgan fingerprint density at radius 2 is 1.43 bits per heavy atom. The number of carbonyl (C=O) groups excluding carboxylic acids is 1. The zero-order valence-corrected chi connectivity index (χ0v) is 17.7. The average Bonchev–Trinajstić information content (AvgIpc) is 2.54. The van der Waals surface area contributed by atoms with E-state index in [1.54, 1.807) is 0 Å². The Hall–Kier alpha value is -0.0500. The predicted octanol–water partition coefficient (Wildman–Crippen LogP) is 6.71. The summed E-state index contributed by atoms with van der Waals surface area (Å²) in [6.45, 7) is 10.5. The third-order valence-corrected chi connectivity index (χ3v) is 12.2. The quantitative estimate of drug-likeness (QED) is 0.263. The Bertz CT molecular complexity index is 383. The van der Waals surface area contributed by atoms with Crippen molar-refractivity contribution < 1.29 is 4.79 Å². The van der Waals surface area contributed by atoms with Gasteiger partial charge in [0, 0.05) is 0 Å². The van der Waals surface area contributed by atoms with Crippen molar-refractivity contribution in [3.63, 3.8) is 0 Å². The van der Waals surface area contributed by atoms with Gasteiger partial charge in [0.25, 0.3) is 0 Å². The standard InChI is InChI=1S/C20H38ClOP/c1-6-10-14-19(5)20(22)18-23(21,15-11-7-2,16-12-8-3)17-13-9-4/h19H,7-9,11-18H2,1-5H3. The van der Waals surface area contributed by atoms with Gasteiger partial charge < -0.3 is 0 Å². The summed E-state index contributed by atoms with van der Waals surface area (Å²) in [5.74, 6) is 3.89. The van der Waals surface area contributed by atoms with E-state index in [4.69, 9.17) is 11.2 Å². The maximum atomic E-state index is 12.8. The van der Waals surface area contributed by atoms with Crippen LogP contribution in [0.15, 0.2) is 0 Å². The topological polar surface area (TPSA) is 17.1 Å². The molecule has 1 unspecified atom stereocenters. The van der Waals surface area contributed by atoms with E-state index in [9.17, 15) is 4.79 Å². The van der Waals surface area contributed by atoms with Crippen LogP contribution in [0, 0.1) is 17.8 Å². The first-order valence-corrected chi connectivity index (χ1v) is 13.4. The minimum absolute atomic E-state index is 0.0209. The molecule has 0 spiro atoms. The van der Waals surface area contributed by atoms with Crippen molar-refractivity contribution in [2.75, 3.05) is 24.6 Å². The van der Waals surface area contributed by atoms with Crippen LogP contribution in [0.2, 0.25) is 0 Å². The van der Waals surface area contributed by atoms with E-state index in [0.717, 1.165) is 57.0 Å². The fourth-order valence-electron chi connectivity index (χ4n) is 3.15. The van der Waals surface area contributed by atoms with Gasteiger partial charge in [-0.25, -0.2) is 0 Å².